The van der Waals surface area contributed by atoms with Gasteiger partial charge in [-0.2, -0.15) is 5.26 Å². The smallest absolute Gasteiger partial charge is 0.331 e. The highest BCUT2D eigenvalue weighted by Gasteiger charge is 2.35. The average molecular weight is 405 g/mol. The molecule has 1 amide bonds. The summed E-state index contributed by atoms with van der Waals surface area (Å²) in [5.74, 6) is -0.135. The van der Waals surface area contributed by atoms with Crippen LogP contribution in [-0.4, -0.2) is 37.2 Å². The van der Waals surface area contributed by atoms with Crippen molar-refractivity contribution in [2.45, 2.75) is 37.6 Å². The number of nitrogens with zero attached hydrogens (tertiary/aromatic N) is 1. The number of esters is 1. The number of rotatable bonds is 5. The zero-order chi connectivity index (χ0) is 20.0. The molecule has 0 aromatic heterocycles. The van der Waals surface area contributed by atoms with Crippen LogP contribution >= 0.6 is 11.6 Å². The number of nitrogens with one attached hydrogen (secondary N) is 1. The van der Waals surface area contributed by atoms with Gasteiger partial charge in [0.25, 0.3) is 5.91 Å². The van der Waals surface area contributed by atoms with E-state index in [0.29, 0.717) is 48.1 Å². The number of fused-ring (bicyclic) bond motifs is 1. The second-order valence-electron chi connectivity index (χ2n) is 6.77. The first-order chi connectivity index (χ1) is 13.5. The first-order valence-electron chi connectivity index (χ1n) is 9.18. The molecule has 0 saturated heterocycles. The van der Waals surface area contributed by atoms with Gasteiger partial charge in [0.2, 0.25) is 0 Å². The molecule has 2 aliphatic rings. The Morgan fingerprint density at radius 2 is 2.00 bits per heavy atom. The van der Waals surface area contributed by atoms with Crippen molar-refractivity contribution < 1.29 is 23.8 Å². The number of hydrogen-bond acceptors (Lipinski definition) is 6. The van der Waals surface area contributed by atoms with Crippen molar-refractivity contribution in [3.8, 4) is 17.6 Å². The molecule has 1 aromatic carbocycles. The highest BCUT2D eigenvalue weighted by molar-refractivity contribution is 6.32. The molecule has 0 atom stereocenters. The van der Waals surface area contributed by atoms with Crippen molar-refractivity contribution in [2.24, 2.45) is 0 Å². The molecule has 0 spiro atoms. The minimum atomic E-state index is -0.833. The van der Waals surface area contributed by atoms with Crippen molar-refractivity contribution >= 4 is 29.6 Å². The highest BCUT2D eigenvalue weighted by Crippen LogP contribution is 2.38. The normalized spacial score (nSPS) is 17.6. The molecule has 1 aromatic rings. The van der Waals surface area contributed by atoms with Crippen molar-refractivity contribution in [1.29, 1.82) is 5.26 Å². The first kappa shape index (κ1) is 20.0. The van der Waals surface area contributed by atoms with Crippen LogP contribution in [0.4, 0.5) is 0 Å². The molecular weight excluding hydrogens is 384 g/mol. The maximum absolute atomic E-state index is 12.0. The fourth-order valence-corrected chi connectivity index (χ4v) is 3.52. The maximum atomic E-state index is 12.0. The maximum Gasteiger partial charge on any atom is 0.331 e. The average Bonchev–Trinajstić information content (AvgIpc) is 3.01. The zero-order valence-corrected chi connectivity index (χ0v) is 16.1. The summed E-state index contributed by atoms with van der Waals surface area (Å²) < 4.78 is 16.1. The molecular formula is C20H21ClN2O5. The molecule has 1 aliphatic carbocycles. The van der Waals surface area contributed by atoms with Gasteiger partial charge in [-0.25, -0.2) is 4.79 Å². The van der Waals surface area contributed by atoms with Gasteiger partial charge in [0.05, 0.1) is 24.3 Å². The number of halogens is 1. The number of nitriles is 1. The molecule has 1 N–H and O–H groups in total. The van der Waals surface area contributed by atoms with Gasteiger partial charge in [-0.05, 0) is 49.5 Å². The largest absolute Gasteiger partial charge is 0.489 e. The Labute approximate surface area is 168 Å². The minimum absolute atomic E-state index is 0.394. The van der Waals surface area contributed by atoms with E-state index < -0.39 is 24.0 Å². The summed E-state index contributed by atoms with van der Waals surface area (Å²) in [4.78, 5) is 23.9. The summed E-state index contributed by atoms with van der Waals surface area (Å²) in [6.07, 6.45) is 6.52. The third-order valence-electron chi connectivity index (χ3n) is 4.63. The lowest BCUT2D eigenvalue weighted by Gasteiger charge is -2.21. The Morgan fingerprint density at radius 3 is 2.75 bits per heavy atom. The monoisotopic (exact) mass is 404 g/mol. The van der Waals surface area contributed by atoms with Crippen LogP contribution in [0.2, 0.25) is 5.02 Å². The van der Waals surface area contributed by atoms with Crippen LogP contribution in [0.15, 0.2) is 18.2 Å². The summed E-state index contributed by atoms with van der Waals surface area (Å²) in [7, 11) is 0. The van der Waals surface area contributed by atoms with Gasteiger partial charge < -0.3 is 19.5 Å². The predicted molar refractivity (Wildman–Crippen MR) is 102 cm³/mol. The number of carbonyl (C=O) groups is 2. The van der Waals surface area contributed by atoms with E-state index in [0.717, 1.165) is 19.3 Å². The van der Waals surface area contributed by atoms with Gasteiger partial charge in [0.15, 0.2) is 18.1 Å². The molecule has 7 nitrogen and oxygen atoms in total. The zero-order valence-electron chi connectivity index (χ0n) is 15.3. The Hall–Kier alpha value is -2.72. The summed E-state index contributed by atoms with van der Waals surface area (Å²) in [5.41, 5.74) is -0.190. The molecule has 0 radical (unpaired) electrons. The third kappa shape index (κ3) is 4.96. The molecule has 3 rings (SSSR count). The fraction of sp³-hybridized carbons (Fsp3) is 0.450. The Balaban J connectivity index is 1.54. The number of hydrogen-bond donors (Lipinski definition) is 1. The lowest BCUT2D eigenvalue weighted by atomic mass is 10.00. The summed E-state index contributed by atoms with van der Waals surface area (Å²) >= 11 is 6.21. The van der Waals surface area contributed by atoms with Crippen LogP contribution in [-0.2, 0) is 14.3 Å². The summed E-state index contributed by atoms with van der Waals surface area (Å²) in [6, 6.07) is 5.53. The van der Waals surface area contributed by atoms with Crippen LogP contribution in [0.1, 0.15) is 37.7 Å². The fourth-order valence-electron chi connectivity index (χ4n) is 3.24. The van der Waals surface area contributed by atoms with Crippen molar-refractivity contribution in [2.75, 3.05) is 19.8 Å². The van der Waals surface area contributed by atoms with Crippen molar-refractivity contribution in [3.05, 3.63) is 28.8 Å². The minimum Gasteiger partial charge on any atom is -0.489 e. The predicted octanol–water partition coefficient (Wildman–Crippen LogP) is 3.01. The van der Waals surface area contributed by atoms with Gasteiger partial charge >= 0.3 is 5.97 Å². The van der Waals surface area contributed by atoms with E-state index in [1.54, 1.807) is 12.1 Å². The van der Waals surface area contributed by atoms with E-state index in [1.165, 1.54) is 12.2 Å². The van der Waals surface area contributed by atoms with Gasteiger partial charge in [-0.3, -0.25) is 4.79 Å². The van der Waals surface area contributed by atoms with Gasteiger partial charge in [0, 0.05) is 12.5 Å². The molecule has 0 unspecified atom stereocenters. The van der Waals surface area contributed by atoms with E-state index in [2.05, 4.69) is 11.4 Å². The Kier molecular flexibility index (Phi) is 6.42. The number of benzene rings is 1. The first-order valence-corrected chi connectivity index (χ1v) is 9.55. The van der Waals surface area contributed by atoms with Crippen molar-refractivity contribution in [3.63, 3.8) is 0 Å². The molecule has 148 valence electrons. The van der Waals surface area contributed by atoms with Crippen LogP contribution in [0, 0.1) is 11.3 Å². The van der Waals surface area contributed by atoms with Crippen LogP contribution < -0.4 is 14.8 Å². The number of ether oxygens (including phenoxy) is 3. The Bertz CT molecular complexity index is 825. The summed E-state index contributed by atoms with van der Waals surface area (Å²) in [5, 5.41) is 12.3. The van der Waals surface area contributed by atoms with E-state index in [9.17, 15) is 14.9 Å². The molecule has 1 saturated carbocycles. The van der Waals surface area contributed by atoms with E-state index in [-0.39, 0.29) is 0 Å². The van der Waals surface area contributed by atoms with Crippen LogP contribution in [0.3, 0.4) is 0 Å². The molecule has 1 heterocycles. The number of carbonyl (C=O) groups excluding carboxylic acids is 2. The standard InChI is InChI=1S/C20H21ClN2O5/c21-15-10-14(11-16-19(15)27-9-3-8-26-16)4-5-18(25)28-12-17(24)23-20(13-22)6-1-2-7-20/h4-5,10-11H,1-3,6-9,12H2,(H,23,24). The highest BCUT2D eigenvalue weighted by atomic mass is 35.5. The lowest BCUT2D eigenvalue weighted by Crippen LogP contribution is -2.46. The lowest BCUT2D eigenvalue weighted by molar-refractivity contribution is -0.144. The SMILES string of the molecule is N#CC1(NC(=O)COC(=O)C=Cc2cc(Cl)c3c(c2)OCCCO3)CCCC1. The molecule has 28 heavy (non-hydrogen) atoms. The van der Waals surface area contributed by atoms with E-state index in [1.807, 2.05) is 0 Å². The summed E-state index contributed by atoms with van der Waals surface area (Å²) in [6.45, 7) is 0.621. The second kappa shape index (κ2) is 8.98. The van der Waals surface area contributed by atoms with Gasteiger partial charge in [-0.15, -0.1) is 0 Å². The molecule has 8 heteroatoms. The molecule has 1 fully saturated rings. The van der Waals surface area contributed by atoms with E-state index >= 15 is 0 Å². The number of amides is 1. The Morgan fingerprint density at radius 1 is 1.25 bits per heavy atom. The van der Waals surface area contributed by atoms with E-state index in [4.69, 9.17) is 25.8 Å². The van der Waals surface area contributed by atoms with Gasteiger partial charge in [-0.1, -0.05) is 11.6 Å². The third-order valence-corrected chi connectivity index (χ3v) is 4.91. The van der Waals surface area contributed by atoms with Crippen LogP contribution in [0.5, 0.6) is 11.5 Å². The van der Waals surface area contributed by atoms with Crippen LogP contribution in [0.25, 0.3) is 6.08 Å². The second-order valence-corrected chi connectivity index (χ2v) is 7.18. The molecule has 0 bridgehead atoms. The quantitative estimate of drug-likeness (QED) is 0.598. The molecule has 1 aliphatic heterocycles. The van der Waals surface area contributed by atoms with Crippen molar-refractivity contribution in [1.82, 2.24) is 5.32 Å². The van der Waals surface area contributed by atoms with Gasteiger partial charge in [0.1, 0.15) is 5.54 Å². The topological polar surface area (TPSA) is 97.7 Å².